The Hall–Kier alpha value is -1.99. The molecule has 1 aliphatic carbocycles. The van der Waals surface area contributed by atoms with Crippen molar-refractivity contribution in [2.24, 2.45) is 5.41 Å². The average molecular weight is 332 g/mol. The second kappa shape index (κ2) is 6.64. The summed E-state index contributed by atoms with van der Waals surface area (Å²) < 4.78 is 0. The third kappa shape index (κ3) is 3.51. The van der Waals surface area contributed by atoms with Gasteiger partial charge in [0.1, 0.15) is 5.01 Å². The molecule has 0 saturated heterocycles. The fourth-order valence-electron chi connectivity index (χ4n) is 2.93. The maximum atomic E-state index is 12.2. The fraction of sp³-hybridized carbons (Fsp3) is 0.438. The van der Waals surface area contributed by atoms with Gasteiger partial charge in [-0.15, -0.1) is 10.2 Å². The minimum absolute atomic E-state index is 0.0194. The Balaban J connectivity index is 1.62. The van der Waals surface area contributed by atoms with E-state index in [4.69, 9.17) is 0 Å². The molecule has 2 amide bonds. The maximum absolute atomic E-state index is 12.2. The number of anilines is 1. The largest absolute Gasteiger partial charge is 0.396 e. The highest BCUT2D eigenvalue weighted by Crippen LogP contribution is 2.37. The summed E-state index contributed by atoms with van der Waals surface area (Å²) in [5, 5.41) is 24.6. The molecule has 0 aliphatic heterocycles. The number of hydrogen-bond donors (Lipinski definition) is 3. The van der Waals surface area contributed by atoms with Crippen LogP contribution in [0.4, 0.5) is 9.93 Å². The second-order valence-electron chi connectivity index (χ2n) is 6.13. The number of rotatable bonds is 4. The second-order valence-corrected chi connectivity index (χ2v) is 7.11. The molecule has 6 nitrogen and oxygen atoms in total. The summed E-state index contributed by atoms with van der Waals surface area (Å²) in [5.74, 6) is 0. The Labute approximate surface area is 139 Å². The van der Waals surface area contributed by atoms with Gasteiger partial charge in [-0.25, -0.2) is 4.79 Å². The van der Waals surface area contributed by atoms with Gasteiger partial charge in [-0.05, 0) is 12.8 Å². The molecular formula is C16H20N4O2S. The van der Waals surface area contributed by atoms with Crippen LogP contribution in [0.1, 0.15) is 26.2 Å². The van der Waals surface area contributed by atoms with E-state index in [1.807, 2.05) is 37.3 Å². The number of urea groups is 1. The standard InChI is InChI=1S/C16H20N4O2S/c1-16(10-21)9-5-8-12(16)17-14(22)18-15-20-19-13(23-15)11-6-3-2-4-7-11/h2-4,6-7,12,21H,5,8-10H2,1H3,(H2,17,18,20,22). The molecule has 1 aromatic heterocycles. The summed E-state index contributed by atoms with van der Waals surface area (Å²) in [6.07, 6.45) is 2.82. The van der Waals surface area contributed by atoms with Gasteiger partial charge in [0.15, 0.2) is 0 Å². The van der Waals surface area contributed by atoms with Crippen LogP contribution in [0.2, 0.25) is 0 Å². The summed E-state index contributed by atoms with van der Waals surface area (Å²) in [7, 11) is 0. The minimum atomic E-state index is -0.299. The number of nitrogens with one attached hydrogen (secondary N) is 2. The fourth-order valence-corrected chi connectivity index (χ4v) is 3.68. The minimum Gasteiger partial charge on any atom is -0.396 e. The van der Waals surface area contributed by atoms with Crippen LogP contribution in [-0.2, 0) is 0 Å². The average Bonchev–Trinajstić information content (AvgIpc) is 3.16. The van der Waals surface area contributed by atoms with Gasteiger partial charge < -0.3 is 10.4 Å². The molecule has 3 rings (SSSR count). The molecule has 7 heteroatoms. The maximum Gasteiger partial charge on any atom is 0.321 e. The Morgan fingerprint density at radius 2 is 2.17 bits per heavy atom. The number of nitrogens with zero attached hydrogens (tertiary/aromatic N) is 2. The Bertz CT molecular complexity index is 676. The van der Waals surface area contributed by atoms with Gasteiger partial charge in [-0.1, -0.05) is 55.0 Å². The molecule has 3 N–H and O–H groups in total. The van der Waals surface area contributed by atoms with Crippen molar-refractivity contribution < 1.29 is 9.90 Å². The van der Waals surface area contributed by atoms with Crippen molar-refractivity contribution in [1.29, 1.82) is 0 Å². The van der Waals surface area contributed by atoms with Gasteiger partial charge in [-0.2, -0.15) is 0 Å². The van der Waals surface area contributed by atoms with Crippen molar-refractivity contribution in [2.45, 2.75) is 32.2 Å². The lowest BCUT2D eigenvalue weighted by atomic mass is 9.86. The third-order valence-electron chi connectivity index (χ3n) is 4.41. The van der Waals surface area contributed by atoms with E-state index in [9.17, 15) is 9.90 Å². The third-order valence-corrected chi connectivity index (χ3v) is 5.30. The van der Waals surface area contributed by atoms with E-state index in [1.54, 1.807) is 0 Å². The zero-order valence-corrected chi connectivity index (χ0v) is 13.8. The lowest BCUT2D eigenvalue weighted by molar-refractivity contribution is 0.122. The molecule has 2 atom stereocenters. The van der Waals surface area contributed by atoms with E-state index in [-0.39, 0.29) is 24.1 Å². The first-order valence-electron chi connectivity index (χ1n) is 7.68. The Morgan fingerprint density at radius 1 is 1.39 bits per heavy atom. The van der Waals surface area contributed by atoms with Gasteiger partial charge in [0.25, 0.3) is 0 Å². The van der Waals surface area contributed by atoms with E-state index >= 15 is 0 Å². The Morgan fingerprint density at radius 3 is 2.91 bits per heavy atom. The van der Waals surface area contributed by atoms with Crippen LogP contribution in [0.25, 0.3) is 10.6 Å². The van der Waals surface area contributed by atoms with Gasteiger partial charge in [0.2, 0.25) is 5.13 Å². The van der Waals surface area contributed by atoms with Crippen molar-refractivity contribution in [3.05, 3.63) is 30.3 Å². The van der Waals surface area contributed by atoms with Gasteiger partial charge in [0.05, 0.1) is 6.61 Å². The summed E-state index contributed by atoms with van der Waals surface area (Å²) in [4.78, 5) is 12.2. The van der Waals surface area contributed by atoms with Gasteiger partial charge >= 0.3 is 6.03 Å². The predicted octanol–water partition coefficient (Wildman–Crippen LogP) is 2.88. The van der Waals surface area contributed by atoms with E-state index in [2.05, 4.69) is 20.8 Å². The molecule has 2 unspecified atom stereocenters. The lowest BCUT2D eigenvalue weighted by Gasteiger charge is -2.29. The zero-order chi connectivity index (χ0) is 16.3. The van der Waals surface area contributed by atoms with Crippen molar-refractivity contribution in [3.63, 3.8) is 0 Å². The molecule has 23 heavy (non-hydrogen) atoms. The number of aliphatic hydroxyl groups is 1. The number of hydrogen-bond acceptors (Lipinski definition) is 5. The molecule has 0 bridgehead atoms. The van der Waals surface area contributed by atoms with Crippen LogP contribution < -0.4 is 10.6 Å². The van der Waals surface area contributed by atoms with Crippen LogP contribution >= 0.6 is 11.3 Å². The molecule has 2 aromatic rings. The molecule has 1 heterocycles. The number of carbonyl (C=O) groups excluding carboxylic acids is 1. The monoisotopic (exact) mass is 332 g/mol. The van der Waals surface area contributed by atoms with Crippen LogP contribution in [0, 0.1) is 5.41 Å². The summed E-state index contributed by atoms with van der Waals surface area (Å²) in [5.41, 5.74) is 0.732. The SMILES string of the molecule is CC1(CO)CCCC1NC(=O)Nc1nnc(-c2ccccc2)s1. The number of aromatic nitrogens is 2. The number of amides is 2. The van der Waals surface area contributed by atoms with E-state index in [1.165, 1.54) is 11.3 Å². The highest BCUT2D eigenvalue weighted by molar-refractivity contribution is 7.18. The van der Waals surface area contributed by atoms with Crippen molar-refractivity contribution >= 4 is 22.5 Å². The van der Waals surface area contributed by atoms with E-state index < -0.39 is 0 Å². The highest BCUT2D eigenvalue weighted by Gasteiger charge is 2.39. The topological polar surface area (TPSA) is 87.1 Å². The van der Waals surface area contributed by atoms with Crippen LogP contribution in [-0.4, -0.2) is 34.0 Å². The van der Waals surface area contributed by atoms with Crippen molar-refractivity contribution in [1.82, 2.24) is 15.5 Å². The van der Waals surface area contributed by atoms with Crippen molar-refractivity contribution in [2.75, 3.05) is 11.9 Å². The van der Waals surface area contributed by atoms with Gasteiger partial charge in [-0.3, -0.25) is 5.32 Å². The quantitative estimate of drug-likeness (QED) is 0.803. The molecule has 0 radical (unpaired) electrons. The molecule has 1 aliphatic rings. The summed E-state index contributed by atoms with van der Waals surface area (Å²) >= 11 is 1.33. The first kappa shape index (κ1) is 15.9. The number of benzene rings is 1. The molecule has 1 fully saturated rings. The smallest absolute Gasteiger partial charge is 0.321 e. The van der Waals surface area contributed by atoms with Crippen LogP contribution in [0.3, 0.4) is 0 Å². The summed E-state index contributed by atoms with van der Waals surface area (Å²) in [6.45, 7) is 2.08. The zero-order valence-electron chi connectivity index (χ0n) is 13.0. The normalized spacial score (nSPS) is 23.7. The van der Waals surface area contributed by atoms with Crippen LogP contribution in [0.15, 0.2) is 30.3 Å². The molecule has 1 aromatic carbocycles. The molecule has 122 valence electrons. The first-order chi connectivity index (χ1) is 11.1. The lowest BCUT2D eigenvalue weighted by Crippen LogP contribution is -2.46. The Kier molecular flexibility index (Phi) is 4.58. The van der Waals surface area contributed by atoms with E-state index in [0.717, 1.165) is 29.8 Å². The molecule has 1 saturated carbocycles. The van der Waals surface area contributed by atoms with Crippen molar-refractivity contribution in [3.8, 4) is 10.6 Å². The molecule has 0 spiro atoms. The molecular weight excluding hydrogens is 312 g/mol. The highest BCUT2D eigenvalue weighted by atomic mass is 32.1. The first-order valence-corrected chi connectivity index (χ1v) is 8.50. The van der Waals surface area contributed by atoms with E-state index in [0.29, 0.717) is 5.13 Å². The number of aliphatic hydroxyl groups excluding tert-OH is 1. The van der Waals surface area contributed by atoms with Gasteiger partial charge in [0, 0.05) is 17.0 Å². The number of carbonyl (C=O) groups is 1. The summed E-state index contributed by atoms with van der Waals surface area (Å²) in [6, 6.07) is 9.40. The predicted molar refractivity (Wildman–Crippen MR) is 90.3 cm³/mol. The van der Waals surface area contributed by atoms with Crippen LogP contribution in [0.5, 0.6) is 0 Å².